The number of aliphatic carboxylic acids is 1. The quantitative estimate of drug-likeness (QED) is 0.850. The highest BCUT2D eigenvalue weighted by atomic mass is 16.4. The third kappa shape index (κ3) is 1.97. The number of carboxylic acids is 1. The second kappa shape index (κ2) is 4.52. The van der Waals surface area contributed by atoms with Crippen LogP contribution in [0.4, 0.5) is 0 Å². The highest BCUT2D eigenvalue weighted by molar-refractivity contribution is 5.94. The van der Waals surface area contributed by atoms with Crippen molar-refractivity contribution in [2.45, 2.75) is 25.9 Å². The number of nitrogens with zero attached hydrogens (tertiary/aromatic N) is 2. The first kappa shape index (κ1) is 12.5. The number of hydrogen-bond acceptors (Lipinski definition) is 4. The minimum absolute atomic E-state index is 0.150. The normalized spacial score (nSPS) is 17.9. The van der Waals surface area contributed by atoms with Crippen LogP contribution in [0.2, 0.25) is 0 Å². The lowest BCUT2D eigenvalue weighted by molar-refractivity contribution is -0.142. The predicted octanol–water partition coefficient (Wildman–Crippen LogP) is 0.963. The first-order valence-electron chi connectivity index (χ1n) is 6.17. The molecule has 2 N–H and O–H groups in total. The Labute approximate surface area is 114 Å². The van der Waals surface area contributed by atoms with E-state index in [-0.39, 0.29) is 18.7 Å². The average molecular weight is 275 g/mol. The van der Waals surface area contributed by atoms with Gasteiger partial charge in [0.1, 0.15) is 11.8 Å². The minimum atomic E-state index is -1.05. The van der Waals surface area contributed by atoms with Crippen LogP contribution in [-0.2, 0) is 17.8 Å². The molecule has 3 rings (SSSR count). The second-order valence-corrected chi connectivity index (χ2v) is 4.73. The molecule has 1 aliphatic rings. The van der Waals surface area contributed by atoms with Crippen molar-refractivity contribution in [1.29, 1.82) is 0 Å². The number of furan rings is 1. The van der Waals surface area contributed by atoms with Crippen molar-refractivity contribution in [2.75, 3.05) is 0 Å². The van der Waals surface area contributed by atoms with Gasteiger partial charge in [0.25, 0.3) is 5.91 Å². The molecule has 0 aromatic carbocycles. The summed E-state index contributed by atoms with van der Waals surface area (Å²) < 4.78 is 5.29. The molecule has 7 heteroatoms. The number of rotatable bonds is 2. The molecule has 7 nitrogen and oxygen atoms in total. The molecule has 2 aromatic rings. The molecule has 0 saturated heterocycles. The Balaban J connectivity index is 1.94. The number of amides is 1. The number of carbonyl (C=O) groups excluding carboxylic acids is 1. The number of imidazole rings is 1. The minimum Gasteiger partial charge on any atom is -0.480 e. The molecule has 1 unspecified atom stereocenters. The molecule has 1 amide bonds. The Bertz CT molecular complexity index is 673. The molecule has 0 aliphatic carbocycles. The van der Waals surface area contributed by atoms with Gasteiger partial charge in [-0.3, -0.25) is 4.79 Å². The number of aromatic amines is 1. The summed E-state index contributed by atoms with van der Waals surface area (Å²) in [5.41, 5.74) is 1.45. The van der Waals surface area contributed by atoms with Gasteiger partial charge in [-0.05, 0) is 19.1 Å². The maximum atomic E-state index is 12.4. The van der Waals surface area contributed by atoms with E-state index in [1.54, 1.807) is 19.1 Å². The average Bonchev–Trinajstić information content (AvgIpc) is 3.04. The number of carbonyl (C=O) groups is 2. The first-order valence-corrected chi connectivity index (χ1v) is 6.17. The SMILES string of the molecule is Cc1ccc(C(=O)N2Cc3[nH]cnc3CC2C(=O)O)o1. The van der Waals surface area contributed by atoms with Crippen LogP contribution >= 0.6 is 0 Å². The zero-order valence-electron chi connectivity index (χ0n) is 10.8. The van der Waals surface area contributed by atoms with E-state index >= 15 is 0 Å². The zero-order chi connectivity index (χ0) is 14.3. The number of carboxylic acid groups (broad SMARTS) is 1. The molecule has 3 heterocycles. The molecule has 2 aromatic heterocycles. The molecule has 104 valence electrons. The van der Waals surface area contributed by atoms with Crippen LogP contribution in [0.15, 0.2) is 22.9 Å². The lowest BCUT2D eigenvalue weighted by Crippen LogP contribution is -2.48. The van der Waals surface area contributed by atoms with Gasteiger partial charge in [-0.1, -0.05) is 0 Å². The topological polar surface area (TPSA) is 99.4 Å². The van der Waals surface area contributed by atoms with Crippen LogP contribution in [0, 0.1) is 6.92 Å². The van der Waals surface area contributed by atoms with Crippen molar-refractivity contribution in [3.05, 3.63) is 41.4 Å². The fourth-order valence-corrected chi connectivity index (χ4v) is 2.36. The van der Waals surface area contributed by atoms with Gasteiger partial charge < -0.3 is 19.4 Å². The monoisotopic (exact) mass is 275 g/mol. The molecule has 1 aliphatic heterocycles. The van der Waals surface area contributed by atoms with E-state index < -0.39 is 17.9 Å². The predicted molar refractivity (Wildman–Crippen MR) is 67.0 cm³/mol. The van der Waals surface area contributed by atoms with E-state index in [9.17, 15) is 14.7 Å². The summed E-state index contributed by atoms with van der Waals surface area (Å²) in [7, 11) is 0. The van der Waals surface area contributed by atoms with Gasteiger partial charge in [-0.2, -0.15) is 0 Å². The molecular formula is C13H13N3O4. The number of nitrogens with one attached hydrogen (secondary N) is 1. The van der Waals surface area contributed by atoms with Crippen molar-refractivity contribution in [3.63, 3.8) is 0 Å². The molecule has 0 fully saturated rings. The third-order valence-electron chi connectivity index (χ3n) is 3.40. The first-order chi connectivity index (χ1) is 9.56. The fourth-order valence-electron chi connectivity index (χ4n) is 2.36. The van der Waals surface area contributed by atoms with E-state index in [0.717, 1.165) is 5.69 Å². The van der Waals surface area contributed by atoms with Crippen molar-refractivity contribution >= 4 is 11.9 Å². The second-order valence-electron chi connectivity index (χ2n) is 4.73. The highest BCUT2D eigenvalue weighted by Crippen LogP contribution is 2.23. The molecule has 0 radical (unpaired) electrons. The molecular weight excluding hydrogens is 262 g/mol. The Morgan fingerprint density at radius 2 is 2.30 bits per heavy atom. The van der Waals surface area contributed by atoms with E-state index in [4.69, 9.17) is 4.42 Å². The van der Waals surface area contributed by atoms with Gasteiger partial charge in [0.2, 0.25) is 0 Å². The van der Waals surface area contributed by atoms with E-state index in [1.165, 1.54) is 11.2 Å². The van der Waals surface area contributed by atoms with E-state index in [0.29, 0.717) is 11.5 Å². The van der Waals surface area contributed by atoms with Gasteiger partial charge in [0, 0.05) is 6.42 Å². The Kier molecular flexibility index (Phi) is 2.81. The summed E-state index contributed by atoms with van der Waals surface area (Å²) in [6.45, 7) is 1.92. The summed E-state index contributed by atoms with van der Waals surface area (Å²) >= 11 is 0. The van der Waals surface area contributed by atoms with Crippen LogP contribution < -0.4 is 0 Å². The lowest BCUT2D eigenvalue weighted by Gasteiger charge is -2.31. The van der Waals surface area contributed by atoms with Crippen molar-refractivity contribution in [2.24, 2.45) is 0 Å². The summed E-state index contributed by atoms with van der Waals surface area (Å²) in [5.74, 6) is -0.711. The van der Waals surface area contributed by atoms with E-state index in [2.05, 4.69) is 9.97 Å². The van der Waals surface area contributed by atoms with Crippen LogP contribution in [0.5, 0.6) is 0 Å². The van der Waals surface area contributed by atoms with Crippen molar-refractivity contribution in [1.82, 2.24) is 14.9 Å². The number of aryl methyl sites for hydroxylation is 1. The number of hydrogen-bond donors (Lipinski definition) is 2. The Hall–Kier alpha value is -2.57. The maximum Gasteiger partial charge on any atom is 0.326 e. The Morgan fingerprint density at radius 1 is 1.50 bits per heavy atom. The van der Waals surface area contributed by atoms with Gasteiger partial charge in [0.15, 0.2) is 5.76 Å². The van der Waals surface area contributed by atoms with Gasteiger partial charge in [-0.15, -0.1) is 0 Å². The largest absolute Gasteiger partial charge is 0.480 e. The standard InChI is InChI=1S/C13H13N3O4/c1-7-2-3-11(20-7)12(17)16-5-9-8(14-6-15-9)4-10(16)13(18)19/h2-3,6,10H,4-5H2,1H3,(H,14,15)(H,18,19). The number of H-pyrrole nitrogens is 1. The molecule has 1 atom stereocenters. The lowest BCUT2D eigenvalue weighted by atomic mass is 10.0. The molecule has 0 saturated carbocycles. The highest BCUT2D eigenvalue weighted by Gasteiger charge is 2.37. The van der Waals surface area contributed by atoms with Crippen LogP contribution in [0.3, 0.4) is 0 Å². The molecule has 20 heavy (non-hydrogen) atoms. The van der Waals surface area contributed by atoms with Gasteiger partial charge >= 0.3 is 5.97 Å². The summed E-state index contributed by atoms with van der Waals surface area (Å²) in [6.07, 6.45) is 1.70. The zero-order valence-corrected chi connectivity index (χ0v) is 10.8. The fraction of sp³-hybridized carbons (Fsp3) is 0.308. The molecule has 0 spiro atoms. The maximum absolute atomic E-state index is 12.4. The Morgan fingerprint density at radius 3 is 2.95 bits per heavy atom. The van der Waals surface area contributed by atoms with Crippen LogP contribution in [0.25, 0.3) is 0 Å². The van der Waals surface area contributed by atoms with E-state index in [1.807, 2.05) is 0 Å². The van der Waals surface area contributed by atoms with Crippen molar-refractivity contribution < 1.29 is 19.1 Å². The van der Waals surface area contributed by atoms with Crippen molar-refractivity contribution in [3.8, 4) is 0 Å². The summed E-state index contributed by atoms with van der Waals surface area (Å²) in [4.78, 5) is 32.1. The smallest absolute Gasteiger partial charge is 0.326 e. The summed E-state index contributed by atoms with van der Waals surface area (Å²) in [6, 6.07) is 2.30. The molecule has 0 bridgehead atoms. The van der Waals surface area contributed by atoms with Crippen LogP contribution in [0.1, 0.15) is 27.7 Å². The van der Waals surface area contributed by atoms with Gasteiger partial charge in [-0.25, -0.2) is 9.78 Å². The third-order valence-corrected chi connectivity index (χ3v) is 3.40. The number of aromatic nitrogens is 2. The van der Waals surface area contributed by atoms with Crippen LogP contribution in [-0.4, -0.2) is 37.9 Å². The van der Waals surface area contributed by atoms with Gasteiger partial charge in [0.05, 0.1) is 24.3 Å². The summed E-state index contributed by atoms with van der Waals surface area (Å²) in [5, 5.41) is 9.31. The number of fused-ring (bicyclic) bond motifs is 1.